The second-order valence-corrected chi connectivity index (χ2v) is 3.87. The summed E-state index contributed by atoms with van der Waals surface area (Å²) in [5, 5.41) is 47.8. The molecule has 0 aromatic carbocycles. The van der Waals surface area contributed by atoms with Crippen molar-refractivity contribution in [2.45, 2.75) is 27.2 Å². The summed E-state index contributed by atoms with van der Waals surface area (Å²) in [6.45, 7) is 6.71. The molecule has 0 aliphatic carbocycles. The van der Waals surface area contributed by atoms with Gasteiger partial charge in [-0.2, -0.15) is 0 Å². The van der Waals surface area contributed by atoms with Crippen LogP contribution in [0.5, 0.6) is 0 Å². The predicted molar refractivity (Wildman–Crippen MR) is 78.4 cm³/mol. The van der Waals surface area contributed by atoms with Gasteiger partial charge in [0.2, 0.25) is 0 Å². The van der Waals surface area contributed by atoms with E-state index >= 15 is 0 Å². The number of rotatable bonds is 5. The molecule has 0 spiro atoms. The molecule has 132 valence electrons. The molecule has 6 N–H and O–H groups in total. The molecule has 0 aliphatic heterocycles. The summed E-state index contributed by atoms with van der Waals surface area (Å²) in [7, 11) is 0. The molecule has 22 heavy (non-hydrogen) atoms. The lowest BCUT2D eigenvalue weighted by Gasteiger charge is -2.06. The summed E-state index contributed by atoms with van der Waals surface area (Å²) in [6, 6.07) is 0. The molecule has 9 heteroatoms. The molecule has 0 saturated carbocycles. The first-order valence-corrected chi connectivity index (χ1v) is 6.06. The minimum Gasteiger partial charge on any atom is -0.481 e. The number of aliphatic hydroxyl groups excluding tert-OH is 3. The first-order chi connectivity index (χ1) is 9.95. The van der Waals surface area contributed by atoms with E-state index in [1.807, 2.05) is 0 Å². The Morgan fingerprint density at radius 2 is 1.09 bits per heavy atom. The summed E-state index contributed by atoms with van der Waals surface area (Å²) in [5.41, 5.74) is 0.176. The third kappa shape index (κ3) is 64.1. The minimum absolute atomic E-state index is 0.0335. The molecule has 0 saturated heterocycles. The van der Waals surface area contributed by atoms with Gasteiger partial charge in [-0.3, -0.25) is 9.59 Å². The molecule has 0 aromatic rings. The maximum absolute atomic E-state index is 9.60. The van der Waals surface area contributed by atoms with Crippen molar-refractivity contribution in [1.29, 1.82) is 0 Å². The van der Waals surface area contributed by atoms with Crippen molar-refractivity contribution in [1.82, 2.24) is 0 Å². The highest BCUT2D eigenvalue weighted by molar-refractivity contribution is 5.84. The average Bonchev–Trinajstić information content (AvgIpc) is 2.35. The normalized spacial score (nSPS) is 8.14. The van der Waals surface area contributed by atoms with E-state index in [1.165, 1.54) is 6.92 Å². The van der Waals surface area contributed by atoms with Gasteiger partial charge < -0.3 is 30.6 Å². The maximum atomic E-state index is 9.60. The predicted octanol–water partition coefficient (Wildman–Crippen LogP) is -0.201. The largest absolute Gasteiger partial charge is 0.481 e. The second kappa shape index (κ2) is 21.3. The summed E-state index contributed by atoms with van der Waals surface area (Å²) < 4.78 is 0. The molecule has 0 atom stereocenters. The standard InChI is InChI=1S/C5H12O3.C4H6O2.2C2H4O2/c6-2-1-5(3-7)4-8;1-3(2)4(5)6;2*1-2(3)4/h5-8H,1-4H2;1H2,2H3,(H,5,6);2*1H3,(H,3,4). The lowest BCUT2D eigenvalue weighted by molar-refractivity contribution is -0.135. The molecule has 0 radical (unpaired) electrons. The number of aliphatic hydroxyl groups is 3. The van der Waals surface area contributed by atoms with Crippen molar-refractivity contribution >= 4 is 17.9 Å². The van der Waals surface area contributed by atoms with Crippen LogP contribution in [0.4, 0.5) is 0 Å². The summed E-state index contributed by atoms with van der Waals surface area (Å²) in [5.74, 6) is -2.74. The Morgan fingerprint density at radius 1 is 0.864 bits per heavy atom. The van der Waals surface area contributed by atoms with Crippen molar-refractivity contribution in [2.75, 3.05) is 19.8 Å². The third-order valence-corrected chi connectivity index (χ3v) is 1.42. The van der Waals surface area contributed by atoms with Gasteiger partial charge in [-0.15, -0.1) is 0 Å². The Hall–Kier alpha value is -1.97. The number of carboxylic acid groups (broad SMARTS) is 3. The van der Waals surface area contributed by atoms with E-state index in [0.29, 0.717) is 6.42 Å². The third-order valence-electron chi connectivity index (χ3n) is 1.42. The Balaban J connectivity index is -0.000000103. The van der Waals surface area contributed by atoms with E-state index in [-0.39, 0.29) is 31.3 Å². The van der Waals surface area contributed by atoms with Crippen molar-refractivity contribution < 1.29 is 45.0 Å². The van der Waals surface area contributed by atoms with Crippen molar-refractivity contribution in [2.24, 2.45) is 5.92 Å². The van der Waals surface area contributed by atoms with Gasteiger partial charge in [0, 0.05) is 45.2 Å². The van der Waals surface area contributed by atoms with Crippen LogP contribution in [-0.2, 0) is 14.4 Å². The van der Waals surface area contributed by atoms with E-state index in [0.717, 1.165) is 13.8 Å². The molecule has 0 unspecified atom stereocenters. The Labute approximate surface area is 129 Å². The van der Waals surface area contributed by atoms with Crippen LogP contribution in [0, 0.1) is 5.92 Å². The number of aliphatic carboxylic acids is 3. The van der Waals surface area contributed by atoms with E-state index < -0.39 is 17.9 Å². The number of carbonyl (C=O) groups is 3. The first-order valence-electron chi connectivity index (χ1n) is 6.06. The Bertz CT molecular complexity index is 277. The van der Waals surface area contributed by atoms with Gasteiger partial charge in [0.15, 0.2) is 0 Å². The van der Waals surface area contributed by atoms with Crippen LogP contribution in [-0.4, -0.2) is 68.4 Å². The topological polar surface area (TPSA) is 173 Å². The molecule has 0 amide bonds. The molecule has 0 aromatic heterocycles. The van der Waals surface area contributed by atoms with E-state index in [4.69, 9.17) is 40.2 Å². The van der Waals surface area contributed by atoms with Crippen LogP contribution in [0.15, 0.2) is 12.2 Å². The zero-order valence-corrected chi connectivity index (χ0v) is 13.0. The number of hydrogen-bond donors (Lipinski definition) is 6. The lowest BCUT2D eigenvalue weighted by Crippen LogP contribution is -2.12. The molecular weight excluding hydrogens is 300 g/mol. The quantitative estimate of drug-likeness (QED) is 0.374. The summed E-state index contributed by atoms with van der Waals surface area (Å²) >= 11 is 0. The van der Waals surface area contributed by atoms with Crippen LogP contribution < -0.4 is 0 Å². The Morgan fingerprint density at radius 3 is 1.14 bits per heavy atom. The fourth-order valence-corrected chi connectivity index (χ4v) is 0.423. The molecular formula is C13H26O9. The smallest absolute Gasteiger partial charge is 0.330 e. The van der Waals surface area contributed by atoms with Gasteiger partial charge in [-0.1, -0.05) is 6.58 Å². The monoisotopic (exact) mass is 326 g/mol. The minimum atomic E-state index is -0.935. The number of hydrogen-bond acceptors (Lipinski definition) is 6. The molecule has 9 nitrogen and oxygen atoms in total. The van der Waals surface area contributed by atoms with Gasteiger partial charge in [-0.25, -0.2) is 4.79 Å². The van der Waals surface area contributed by atoms with Gasteiger partial charge in [-0.05, 0) is 13.3 Å². The van der Waals surface area contributed by atoms with Crippen LogP contribution >= 0.6 is 0 Å². The van der Waals surface area contributed by atoms with E-state index in [1.54, 1.807) is 0 Å². The molecule has 0 fully saturated rings. The SMILES string of the molecule is C=C(C)C(=O)O.CC(=O)O.CC(=O)O.OCCC(CO)CO. The summed E-state index contributed by atoms with van der Waals surface area (Å²) in [6.07, 6.45) is 0.479. The Kier molecular flexibility index (Phi) is 27.4. The van der Waals surface area contributed by atoms with Crippen LogP contribution in [0.3, 0.4) is 0 Å². The van der Waals surface area contributed by atoms with Gasteiger partial charge in [0.1, 0.15) is 0 Å². The van der Waals surface area contributed by atoms with Crippen molar-refractivity contribution in [3.63, 3.8) is 0 Å². The van der Waals surface area contributed by atoms with Crippen molar-refractivity contribution in [3.8, 4) is 0 Å². The lowest BCUT2D eigenvalue weighted by atomic mass is 10.1. The van der Waals surface area contributed by atoms with Crippen LogP contribution in [0.25, 0.3) is 0 Å². The van der Waals surface area contributed by atoms with Crippen LogP contribution in [0.2, 0.25) is 0 Å². The zero-order valence-electron chi connectivity index (χ0n) is 13.0. The average molecular weight is 326 g/mol. The zero-order chi connectivity index (χ0) is 18.7. The fourth-order valence-electron chi connectivity index (χ4n) is 0.423. The van der Waals surface area contributed by atoms with Crippen LogP contribution in [0.1, 0.15) is 27.2 Å². The van der Waals surface area contributed by atoms with Crippen molar-refractivity contribution in [3.05, 3.63) is 12.2 Å². The van der Waals surface area contributed by atoms with E-state index in [9.17, 15) is 4.79 Å². The highest BCUT2D eigenvalue weighted by Crippen LogP contribution is 1.97. The van der Waals surface area contributed by atoms with E-state index in [2.05, 4.69) is 6.58 Å². The molecule has 0 rings (SSSR count). The second-order valence-electron chi connectivity index (χ2n) is 3.87. The van der Waals surface area contributed by atoms with Gasteiger partial charge in [0.05, 0.1) is 0 Å². The molecule has 0 aliphatic rings. The molecule has 0 bridgehead atoms. The number of carboxylic acids is 3. The fraction of sp³-hybridized carbons (Fsp3) is 0.615. The maximum Gasteiger partial charge on any atom is 0.330 e. The van der Waals surface area contributed by atoms with Gasteiger partial charge >= 0.3 is 5.97 Å². The first kappa shape index (κ1) is 28.2. The van der Waals surface area contributed by atoms with Gasteiger partial charge in [0.25, 0.3) is 11.9 Å². The summed E-state index contributed by atoms with van der Waals surface area (Å²) in [4.78, 5) is 27.6. The highest BCUT2D eigenvalue weighted by Gasteiger charge is 2.02. The molecule has 0 heterocycles. The highest BCUT2D eigenvalue weighted by atomic mass is 16.4.